The number of hydrogen-bond acceptors (Lipinski definition) is 6. The Morgan fingerprint density at radius 1 is 1.18 bits per heavy atom. The number of piperazine rings is 1. The van der Waals surface area contributed by atoms with Crippen molar-refractivity contribution in [2.45, 2.75) is 39.8 Å². The number of carboxylic acids is 1. The van der Waals surface area contributed by atoms with E-state index < -0.39 is 5.97 Å². The molecule has 1 fully saturated rings. The third-order valence-corrected chi connectivity index (χ3v) is 6.04. The Labute approximate surface area is 200 Å². The first kappa shape index (κ1) is 23.8. The number of rotatable bonds is 9. The molecule has 3 aromatic rings. The number of benzene rings is 2. The quantitative estimate of drug-likeness (QED) is 0.486. The number of carbonyl (C=O) groups is 1. The average molecular weight is 464 g/mol. The maximum Gasteiger partial charge on any atom is 0.341 e. The van der Waals surface area contributed by atoms with Crippen LogP contribution >= 0.6 is 0 Å². The van der Waals surface area contributed by atoms with Gasteiger partial charge in [0.25, 0.3) is 0 Å². The summed E-state index contributed by atoms with van der Waals surface area (Å²) < 4.78 is 11.1. The normalized spacial score (nSPS) is 16.7. The van der Waals surface area contributed by atoms with E-state index in [2.05, 4.69) is 34.9 Å². The zero-order valence-electron chi connectivity index (χ0n) is 20.1. The summed E-state index contributed by atoms with van der Waals surface area (Å²) in [4.78, 5) is 15.7. The highest BCUT2D eigenvalue weighted by Gasteiger charge is 2.30. The molecule has 1 N–H and O–H groups in total. The van der Waals surface area contributed by atoms with E-state index >= 15 is 0 Å². The van der Waals surface area contributed by atoms with E-state index in [1.165, 1.54) is 0 Å². The van der Waals surface area contributed by atoms with Crippen LogP contribution in [0.25, 0.3) is 11.3 Å². The van der Waals surface area contributed by atoms with Gasteiger partial charge in [0.2, 0.25) is 0 Å². The Morgan fingerprint density at radius 3 is 2.71 bits per heavy atom. The van der Waals surface area contributed by atoms with Crippen molar-refractivity contribution in [3.8, 4) is 17.1 Å². The molecule has 7 nitrogen and oxygen atoms in total. The summed E-state index contributed by atoms with van der Waals surface area (Å²) in [6, 6.07) is 18.4. The number of aliphatic carboxylic acids is 1. The van der Waals surface area contributed by atoms with Crippen molar-refractivity contribution >= 4 is 11.8 Å². The van der Waals surface area contributed by atoms with Crippen LogP contribution in [0.5, 0.6) is 5.75 Å². The van der Waals surface area contributed by atoms with Gasteiger partial charge in [-0.3, -0.25) is 4.90 Å². The molecule has 2 aromatic carbocycles. The summed E-state index contributed by atoms with van der Waals surface area (Å²) in [7, 11) is 0. The molecule has 0 bridgehead atoms. The fraction of sp³-hybridized carbons (Fsp3) is 0.407. The zero-order valence-corrected chi connectivity index (χ0v) is 20.1. The van der Waals surface area contributed by atoms with Gasteiger partial charge in [0, 0.05) is 43.9 Å². The van der Waals surface area contributed by atoms with Crippen LogP contribution in [0.15, 0.2) is 59.1 Å². The van der Waals surface area contributed by atoms with Gasteiger partial charge in [0.1, 0.15) is 5.75 Å². The van der Waals surface area contributed by atoms with Gasteiger partial charge in [-0.2, -0.15) is 0 Å². The van der Waals surface area contributed by atoms with Crippen LogP contribution in [0, 0.1) is 12.8 Å². The Bertz CT molecular complexity index is 1100. The lowest BCUT2D eigenvalue weighted by atomic mass is 9.99. The molecule has 1 aliphatic rings. The standard InChI is InChI=1S/C27H33N3O4/c1-19(2)11-23-17-29(16-21-12-20(3)13-24(14-21)33-18-27(31)32)9-10-30(23)26-15-25(34-28-26)22-7-5-4-6-8-22/h4-8,12-15,19,23H,9-11,16-18H2,1-3H3,(H,31,32)/t23-/m1/s1. The minimum absolute atomic E-state index is 0.329. The molecule has 1 aromatic heterocycles. The first-order valence-electron chi connectivity index (χ1n) is 11.8. The van der Waals surface area contributed by atoms with E-state index in [1.54, 1.807) is 0 Å². The Kier molecular flexibility index (Phi) is 7.53. The minimum Gasteiger partial charge on any atom is -0.482 e. The highest BCUT2D eigenvalue weighted by Crippen LogP contribution is 2.29. The number of aromatic nitrogens is 1. The summed E-state index contributed by atoms with van der Waals surface area (Å²) in [6.45, 7) is 9.66. The van der Waals surface area contributed by atoms with Crippen molar-refractivity contribution in [1.82, 2.24) is 10.1 Å². The monoisotopic (exact) mass is 463 g/mol. The third-order valence-electron chi connectivity index (χ3n) is 6.04. The van der Waals surface area contributed by atoms with Crippen LogP contribution in [0.1, 0.15) is 31.4 Å². The molecule has 1 aliphatic heterocycles. The number of nitrogens with zero attached hydrogens (tertiary/aromatic N) is 3. The summed E-state index contributed by atoms with van der Waals surface area (Å²) in [5.41, 5.74) is 3.22. The number of carboxylic acid groups (broad SMARTS) is 1. The van der Waals surface area contributed by atoms with Crippen LogP contribution in [-0.2, 0) is 11.3 Å². The molecule has 0 spiro atoms. The van der Waals surface area contributed by atoms with Gasteiger partial charge < -0.3 is 19.3 Å². The maximum absolute atomic E-state index is 10.9. The summed E-state index contributed by atoms with van der Waals surface area (Å²) >= 11 is 0. The largest absolute Gasteiger partial charge is 0.482 e. The summed E-state index contributed by atoms with van der Waals surface area (Å²) in [5.74, 6) is 1.87. The van der Waals surface area contributed by atoms with Gasteiger partial charge >= 0.3 is 5.97 Å². The summed E-state index contributed by atoms with van der Waals surface area (Å²) in [6.07, 6.45) is 1.06. The zero-order chi connectivity index (χ0) is 24.1. The van der Waals surface area contributed by atoms with Gasteiger partial charge in [-0.15, -0.1) is 0 Å². The maximum atomic E-state index is 10.9. The SMILES string of the molecule is Cc1cc(CN2CCN(c3cc(-c4ccccc4)on3)[C@H](CC(C)C)C2)cc(OCC(=O)O)c1. The van der Waals surface area contributed by atoms with Crippen LogP contribution < -0.4 is 9.64 Å². The number of ether oxygens (including phenoxy) is 1. The number of anilines is 1. The molecule has 0 unspecified atom stereocenters. The van der Waals surface area contributed by atoms with Crippen molar-refractivity contribution in [3.05, 3.63) is 65.7 Å². The van der Waals surface area contributed by atoms with Crippen LogP contribution in [0.2, 0.25) is 0 Å². The second-order valence-corrected chi connectivity index (χ2v) is 9.46. The van der Waals surface area contributed by atoms with Crippen LogP contribution in [-0.4, -0.2) is 53.4 Å². The van der Waals surface area contributed by atoms with E-state index in [9.17, 15) is 4.79 Å². The second-order valence-electron chi connectivity index (χ2n) is 9.46. The van der Waals surface area contributed by atoms with Crippen molar-refractivity contribution in [1.29, 1.82) is 0 Å². The van der Waals surface area contributed by atoms with Crippen LogP contribution in [0.3, 0.4) is 0 Å². The molecule has 7 heteroatoms. The van der Waals surface area contributed by atoms with Gasteiger partial charge in [-0.1, -0.05) is 55.4 Å². The second kappa shape index (κ2) is 10.7. The van der Waals surface area contributed by atoms with E-state index in [0.717, 1.165) is 60.9 Å². The molecule has 0 saturated carbocycles. The van der Waals surface area contributed by atoms with Crippen molar-refractivity contribution in [3.63, 3.8) is 0 Å². The molecule has 1 saturated heterocycles. The topological polar surface area (TPSA) is 79.0 Å². The van der Waals surface area contributed by atoms with Gasteiger partial charge in [0.15, 0.2) is 18.2 Å². The number of aryl methyl sites for hydroxylation is 1. The molecular weight excluding hydrogens is 430 g/mol. The molecule has 2 heterocycles. The van der Waals surface area contributed by atoms with E-state index in [0.29, 0.717) is 17.7 Å². The van der Waals surface area contributed by atoms with E-state index in [-0.39, 0.29) is 6.61 Å². The average Bonchev–Trinajstić information content (AvgIpc) is 3.28. The lowest BCUT2D eigenvalue weighted by Crippen LogP contribution is -2.53. The van der Waals surface area contributed by atoms with Crippen LogP contribution in [0.4, 0.5) is 5.82 Å². The molecular formula is C27H33N3O4. The fourth-order valence-electron chi connectivity index (χ4n) is 4.65. The highest BCUT2D eigenvalue weighted by molar-refractivity contribution is 5.68. The molecule has 34 heavy (non-hydrogen) atoms. The van der Waals surface area contributed by atoms with Crippen molar-refractivity contribution in [2.75, 3.05) is 31.1 Å². The first-order valence-corrected chi connectivity index (χ1v) is 11.8. The Morgan fingerprint density at radius 2 is 1.97 bits per heavy atom. The number of hydrogen-bond donors (Lipinski definition) is 1. The third kappa shape index (κ3) is 6.17. The van der Waals surface area contributed by atoms with Gasteiger partial charge in [-0.25, -0.2) is 4.79 Å². The fourth-order valence-corrected chi connectivity index (χ4v) is 4.65. The van der Waals surface area contributed by atoms with E-state index in [1.807, 2.05) is 55.5 Å². The smallest absolute Gasteiger partial charge is 0.341 e. The van der Waals surface area contributed by atoms with Crippen molar-refractivity contribution < 1.29 is 19.2 Å². The highest BCUT2D eigenvalue weighted by atomic mass is 16.5. The predicted molar refractivity (Wildman–Crippen MR) is 132 cm³/mol. The molecule has 4 rings (SSSR count). The molecule has 0 amide bonds. The molecule has 0 aliphatic carbocycles. The summed E-state index contributed by atoms with van der Waals surface area (Å²) in [5, 5.41) is 13.3. The minimum atomic E-state index is -0.973. The van der Waals surface area contributed by atoms with Crippen molar-refractivity contribution in [2.24, 2.45) is 5.92 Å². The van der Waals surface area contributed by atoms with Gasteiger partial charge in [-0.05, 0) is 42.5 Å². The Hall–Kier alpha value is -3.32. The molecule has 1 atom stereocenters. The molecule has 0 radical (unpaired) electrons. The lowest BCUT2D eigenvalue weighted by Gasteiger charge is -2.42. The van der Waals surface area contributed by atoms with Gasteiger partial charge in [0.05, 0.1) is 0 Å². The first-order chi connectivity index (χ1) is 16.4. The Balaban J connectivity index is 1.47. The predicted octanol–water partition coefficient (Wildman–Crippen LogP) is 4.85. The lowest BCUT2D eigenvalue weighted by molar-refractivity contribution is -0.139. The van der Waals surface area contributed by atoms with E-state index in [4.69, 9.17) is 14.4 Å². The molecule has 180 valence electrons.